The molecule has 6 nitrogen and oxygen atoms in total. The zero-order chi connectivity index (χ0) is 24.8. The summed E-state index contributed by atoms with van der Waals surface area (Å²) in [6.07, 6.45) is 6.06. The summed E-state index contributed by atoms with van der Waals surface area (Å²) in [5.41, 5.74) is 1.86. The van der Waals surface area contributed by atoms with Crippen molar-refractivity contribution >= 4 is 27.5 Å². The van der Waals surface area contributed by atoms with E-state index < -0.39 is 28.4 Å². The highest BCUT2D eigenvalue weighted by molar-refractivity contribution is 7.92. The molecule has 0 heterocycles. The van der Waals surface area contributed by atoms with Gasteiger partial charge in [-0.05, 0) is 66.8 Å². The molecule has 0 spiro atoms. The van der Waals surface area contributed by atoms with Crippen LogP contribution in [-0.4, -0.2) is 26.8 Å². The highest BCUT2D eigenvalue weighted by atomic mass is 32.2. The molecule has 4 rings (SSSR count). The molecule has 182 valence electrons. The number of ether oxygens (including phenoxy) is 1. The molecule has 0 radical (unpaired) electrons. The van der Waals surface area contributed by atoms with Gasteiger partial charge in [-0.3, -0.25) is 9.52 Å². The van der Waals surface area contributed by atoms with Crippen LogP contribution >= 0.6 is 0 Å². The van der Waals surface area contributed by atoms with Crippen LogP contribution in [0.25, 0.3) is 0 Å². The fourth-order valence-corrected chi connectivity index (χ4v) is 5.30. The van der Waals surface area contributed by atoms with E-state index in [4.69, 9.17) is 4.74 Å². The summed E-state index contributed by atoms with van der Waals surface area (Å²) in [7, 11) is -4.02. The van der Waals surface area contributed by atoms with Gasteiger partial charge in [0.15, 0.2) is 12.4 Å². The summed E-state index contributed by atoms with van der Waals surface area (Å²) in [5, 5.41) is 0. The summed E-state index contributed by atoms with van der Waals surface area (Å²) in [6.45, 7) is -0.452. The molecule has 0 aromatic heterocycles. The number of sulfonamides is 1. The maximum absolute atomic E-state index is 13.1. The van der Waals surface area contributed by atoms with Crippen LogP contribution in [0.4, 0.5) is 10.1 Å². The molecule has 3 aromatic carbocycles. The van der Waals surface area contributed by atoms with Crippen molar-refractivity contribution in [1.29, 1.82) is 0 Å². The van der Waals surface area contributed by atoms with Gasteiger partial charge in [-0.25, -0.2) is 17.6 Å². The van der Waals surface area contributed by atoms with Crippen molar-refractivity contribution in [1.82, 2.24) is 0 Å². The zero-order valence-corrected chi connectivity index (χ0v) is 19.9. The van der Waals surface area contributed by atoms with Crippen LogP contribution in [0.1, 0.15) is 64.3 Å². The zero-order valence-electron chi connectivity index (χ0n) is 19.1. The van der Waals surface area contributed by atoms with E-state index in [0.717, 1.165) is 18.2 Å². The molecule has 8 heteroatoms. The number of halogens is 1. The van der Waals surface area contributed by atoms with E-state index in [1.807, 2.05) is 12.1 Å². The van der Waals surface area contributed by atoms with Gasteiger partial charge >= 0.3 is 5.97 Å². The van der Waals surface area contributed by atoms with Gasteiger partial charge in [0, 0.05) is 11.3 Å². The second-order valence-corrected chi connectivity index (χ2v) is 10.3. The topological polar surface area (TPSA) is 89.5 Å². The first kappa shape index (κ1) is 24.6. The molecule has 1 aliphatic carbocycles. The molecular formula is C27H26FNO5S. The standard InChI is InChI=1S/C27H26FNO5S/c28-23-13-15-24(16-14-23)29-35(32,33)25-8-4-7-22(17-25)27(31)34-18-26(30)21-11-9-20(10-12-21)19-5-2-1-3-6-19/h4,7-17,19,29H,1-3,5-6,18H2. The number of hydrogen-bond acceptors (Lipinski definition) is 5. The van der Waals surface area contributed by atoms with E-state index >= 15 is 0 Å². The first-order valence-corrected chi connectivity index (χ1v) is 13.0. The molecule has 0 unspecified atom stereocenters. The number of ketones is 1. The largest absolute Gasteiger partial charge is 0.454 e. The molecule has 1 aliphatic rings. The second kappa shape index (κ2) is 10.8. The molecule has 1 N–H and O–H groups in total. The van der Waals surface area contributed by atoms with Crippen molar-refractivity contribution in [2.45, 2.75) is 42.9 Å². The Morgan fingerprint density at radius 1 is 0.886 bits per heavy atom. The first-order valence-electron chi connectivity index (χ1n) is 11.5. The van der Waals surface area contributed by atoms with Crippen LogP contribution in [0, 0.1) is 5.82 Å². The van der Waals surface area contributed by atoms with Crippen molar-refractivity contribution in [2.75, 3.05) is 11.3 Å². The highest BCUT2D eigenvalue weighted by Gasteiger charge is 2.19. The van der Waals surface area contributed by atoms with Gasteiger partial charge in [0.1, 0.15) is 5.82 Å². The van der Waals surface area contributed by atoms with E-state index in [-0.39, 0.29) is 21.9 Å². The summed E-state index contributed by atoms with van der Waals surface area (Å²) in [5.74, 6) is -1.11. The second-order valence-electron chi connectivity index (χ2n) is 8.60. The maximum atomic E-state index is 13.1. The summed E-state index contributed by atoms with van der Waals surface area (Å²) in [6, 6.07) is 17.6. The lowest BCUT2D eigenvalue weighted by molar-refractivity contribution is 0.0474. The third-order valence-corrected chi connectivity index (χ3v) is 7.50. The number of rotatable bonds is 8. The lowest BCUT2D eigenvalue weighted by Crippen LogP contribution is -2.16. The summed E-state index contributed by atoms with van der Waals surface area (Å²) >= 11 is 0. The van der Waals surface area contributed by atoms with E-state index in [1.165, 1.54) is 68.0 Å². The van der Waals surface area contributed by atoms with E-state index in [1.54, 1.807) is 12.1 Å². The Morgan fingerprint density at radius 3 is 2.26 bits per heavy atom. The number of nitrogens with one attached hydrogen (secondary N) is 1. The minimum Gasteiger partial charge on any atom is -0.454 e. The van der Waals surface area contributed by atoms with Gasteiger partial charge < -0.3 is 4.74 Å². The molecule has 3 aromatic rings. The van der Waals surface area contributed by atoms with Gasteiger partial charge in [-0.15, -0.1) is 0 Å². The Hall–Kier alpha value is -3.52. The lowest BCUT2D eigenvalue weighted by Gasteiger charge is -2.22. The monoisotopic (exact) mass is 495 g/mol. The number of Topliss-reactive ketones (excluding diaryl/α,β-unsaturated/α-hetero) is 1. The maximum Gasteiger partial charge on any atom is 0.338 e. The van der Waals surface area contributed by atoms with Crippen LogP contribution < -0.4 is 4.72 Å². The fraction of sp³-hybridized carbons (Fsp3) is 0.259. The predicted molar refractivity (Wildman–Crippen MR) is 131 cm³/mol. The first-order chi connectivity index (χ1) is 16.8. The number of carbonyl (C=O) groups is 2. The van der Waals surface area contributed by atoms with Crippen molar-refractivity contribution < 1.29 is 27.1 Å². The average molecular weight is 496 g/mol. The lowest BCUT2D eigenvalue weighted by atomic mass is 9.84. The van der Waals surface area contributed by atoms with Crippen molar-refractivity contribution in [3.63, 3.8) is 0 Å². The SMILES string of the molecule is O=C(COC(=O)c1cccc(S(=O)(=O)Nc2ccc(F)cc2)c1)c1ccc(C2CCCCC2)cc1. The average Bonchev–Trinajstić information content (AvgIpc) is 2.89. The van der Waals surface area contributed by atoms with Gasteiger partial charge in [0.05, 0.1) is 10.5 Å². The van der Waals surface area contributed by atoms with Crippen LogP contribution in [0.15, 0.2) is 77.7 Å². The Labute approximate surface area is 204 Å². The number of carbonyl (C=O) groups excluding carboxylic acids is 2. The van der Waals surface area contributed by atoms with E-state index in [0.29, 0.717) is 11.5 Å². The summed E-state index contributed by atoms with van der Waals surface area (Å²) in [4.78, 5) is 24.8. The molecule has 0 amide bonds. The fourth-order valence-electron chi connectivity index (χ4n) is 4.20. The smallest absolute Gasteiger partial charge is 0.338 e. The van der Waals surface area contributed by atoms with Crippen LogP contribution in [0.3, 0.4) is 0 Å². The van der Waals surface area contributed by atoms with Gasteiger partial charge in [0.2, 0.25) is 0 Å². The van der Waals surface area contributed by atoms with Crippen LogP contribution in [-0.2, 0) is 14.8 Å². The number of esters is 1. The Balaban J connectivity index is 1.37. The third-order valence-electron chi connectivity index (χ3n) is 6.12. The minimum absolute atomic E-state index is 0.00701. The Kier molecular flexibility index (Phi) is 7.60. The molecule has 0 aliphatic heterocycles. The van der Waals surface area contributed by atoms with Gasteiger partial charge in [0.25, 0.3) is 10.0 Å². The quantitative estimate of drug-likeness (QED) is 0.319. The highest BCUT2D eigenvalue weighted by Crippen LogP contribution is 2.32. The number of hydrogen-bond donors (Lipinski definition) is 1. The molecule has 1 fully saturated rings. The molecule has 35 heavy (non-hydrogen) atoms. The van der Waals surface area contributed by atoms with Crippen LogP contribution in [0.2, 0.25) is 0 Å². The Bertz CT molecular complexity index is 1300. The van der Waals surface area contributed by atoms with Crippen molar-refractivity contribution in [2.24, 2.45) is 0 Å². The minimum atomic E-state index is -4.02. The molecular weight excluding hydrogens is 469 g/mol. The molecule has 0 saturated heterocycles. The van der Waals surface area contributed by atoms with Gasteiger partial charge in [-0.1, -0.05) is 49.6 Å². The van der Waals surface area contributed by atoms with E-state index in [2.05, 4.69) is 4.72 Å². The van der Waals surface area contributed by atoms with Gasteiger partial charge in [-0.2, -0.15) is 0 Å². The third kappa shape index (κ3) is 6.33. The molecule has 0 bridgehead atoms. The molecule has 1 saturated carbocycles. The van der Waals surface area contributed by atoms with Crippen LogP contribution in [0.5, 0.6) is 0 Å². The Morgan fingerprint density at radius 2 is 1.57 bits per heavy atom. The van der Waals surface area contributed by atoms with Crippen molar-refractivity contribution in [3.05, 3.63) is 95.3 Å². The van der Waals surface area contributed by atoms with Crippen molar-refractivity contribution in [3.8, 4) is 0 Å². The summed E-state index contributed by atoms with van der Waals surface area (Å²) < 4.78 is 45.8. The number of anilines is 1. The predicted octanol–water partition coefficient (Wildman–Crippen LogP) is 5.71. The normalized spacial score (nSPS) is 14.3. The van der Waals surface area contributed by atoms with E-state index in [9.17, 15) is 22.4 Å². The molecule has 0 atom stereocenters. The number of benzene rings is 3.